The van der Waals surface area contributed by atoms with E-state index in [-0.39, 0.29) is 5.91 Å². The van der Waals surface area contributed by atoms with Crippen molar-refractivity contribution in [1.82, 2.24) is 10.3 Å². The van der Waals surface area contributed by atoms with Crippen LogP contribution in [0, 0.1) is 6.92 Å². The quantitative estimate of drug-likeness (QED) is 0.820. The van der Waals surface area contributed by atoms with Crippen molar-refractivity contribution < 1.29 is 4.79 Å². The van der Waals surface area contributed by atoms with Gasteiger partial charge in [0.15, 0.2) is 0 Å². The van der Waals surface area contributed by atoms with E-state index in [2.05, 4.69) is 10.3 Å². The first-order valence-corrected chi connectivity index (χ1v) is 6.20. The average Bonchev–Trinajstić information content (AvgIpc) is 2.38. The minimum Gasteiger partial charge on any atom is -0.399 e. The van der Waals surface area contributed by atoms with Crippen molar-refractivity contribution in [3.05, 3.63) is 59.4 Å². The van der Waals surface area contributed by atoms with Gasteiger partial charge in [0.25, 0.3) is 5.91 Å². The van der Waals surface area contributed by atoms with Crippen molar-refractivity contribution >= 4 is 11.6 Å². The van der Waals surface area contributed by atoms with Crippen LogP contribution in [0.25, 0.3) is 0 Å². The fourth-order valence-corrected chi connectivity index (χ4v) is 1.90. The van der Waals surface area contributed by atoms with E-state index >= 15 is 0 Å². The predicted molar refractivity (Wildman–Crippen MR) is 75.9 cm³/mol. The number of aryl methyl sites for hydroxylation is 1. The lowest BCUT2D eigenvalue weighted by molar-refractivity contribution is 0.0954. The summed E-state index contributed by atoms with van der Waals surface area (Å²) < 4.78 is 0. The molecule has 0 radical (unpaired) electrons. The first-order chi connectivity index (χ1) is 9.15. The largest absolute Gasteiger partial charge is 0.399 e. The van der Waals surface area contributed by atoms with Gasteiger partial charge in [0.05, 0.1) is 0 Å². The Bertz CT molecular complexity index is 547. The van der Waals surface area contributed by atoms with Crippen molar-refractivity contribution in [3.8, 4) is 0 Å². The maximum atomic E-state index is 12.0. The van der Waals surface area contributed by atoms with E-state index < -0.39 is 0 Å². The van der Waals surface area contributed by atoms with Crippen LogP contribution in [0.5, 0.6) is 0 Å². The highest BCUT2D eigenvalue weighted by molar-refractivity contribution is 5.95. The predicted octanol–water partition coefficient (Wildman–Crippen LogP) is 1.94. The summed E-state index contributed by atoms with van der Waals surface area (Å²) in [6, 6.07) is 11.1. The van der Waals surface area contributed by atoms with Gasteiger partial charge in [-0.2, -0.15) is 0 Å². The lowest BCUT2D eigenvalue weighted by Gasteiger charge is -2.06. The highest BCUT2D eigenvalue weighted by Crippen LogP contribution is 2.11. The molecule has 4 heteroatoms. The number of nitrogens with one attached hydrogen (secondary N) is 1. The number of carbonyl (C=O) groups is 1. The average molecular weight is 255 g/mol. The molecule has 0 fully saturated rings. The maximum absolute atomic E-state index is 12.0. The van der Waals surface area contributed by atoms with E-state index in [0.717, 1.165) is 11.3 Å². The minimum atomic E-state index is -0.105. The van der Waals surface area contributed by atoms with Crippen LogP contribution in [0.2, 0.25) is 0 Å². The van der Waals surface area contributed by atoms with Gasteiger partial charge in [-0.1, -0.05) is 6.07 Å². The topological polar surface area (TPSA) is 68.0 Å². The monoisotopic (exact) mass is 255 g/mol. The number of amides is 1. The van der Waals surface area contributed by atoms with Gasteiger partial charge in [-0.25, -0.2) is 0 Å². The number of anilines is 1. The Morgan fingerprint density at radius 3 is 2.84 bits per heavy atom. The highest BCUT2D eigenvalue weighted by atomic mass is 16.1. The molecule has 1 amide bonds. The second-order valence-corrected chi connectivity index (χ2v) is 4.46. The number of pyridine rings is 1. The molecule has 0 unspecified atom stereocenters. The Balaban J connectivity index is 1.91. The van der Waals surface area contributed by atoms with E-state index in [4.69, 9.17) is 5.73 Å². The number of carbonyl (C=O) groups excluding carboxylic acids is 1. The number of nitrogens with zero attached hydrogens (tertiary/aromatic N) is 1. The van der Waals surface area contributed by atoms with Crippen molar-refractivity contribution in [2.24, 2.45) is 0 Å². The molecule has 4 nitrogen and oxygen atoms in total. The lowest BCUT2D eigenvalue weighted by atomic mass is 10.1. The first kappa shape index (κ1) is 13.1. The molecule has 0 saturated carbocycles. The fraction of sp³-hybridized carbons (Fsp3) is 0.200. The fourth-order valence-electron chi connectivity index (χ4n) is 1.90. The molecular weight excluding hydrogens is 238 g/mol. The summed E-state index contributed by atoms with van der Waals surface area (Å²) in [5, 5.41) is 2.87. The standard InChI is InChI=1S/C15H17N3O/c1-11-8-12(10-13(16)9-11)15(19)18-7-5-14-4-2-3-6-17-14/h2-4,6,8-10H,5,7,16H2,1H3,(H,18,19). The molecule has 19 heavy (non-hydrogen) atoms. The second kappa shape index (κ2) is 6.00. The maximum Gasteiger partial charge on any atom is 0.251 e. The third-order valence-corrected chi connectivity index (χ3v) is 2.75. The van der Waals surface area contributed by atoms with Crippen LogP contribution < -0.4 is 11.1 Å². The van der Waals surface area contributed by atoms with Crippen LogP contribution in [-0.4, -0.2) is 17.4 Å². The Hall–Kier alpha value is -2.36. The Labute approximate surface area is 112 Å². The molecule has 1 heterocycles. The molecule has 0 aliphatic rings. The van der Waals surface area contributed by atoms with Gasteiger partial charge < -0.3 is 11.1 Å². The Morgan fingerprint density at radius 1 is 1.32 bits per heavy atom. The van der Waals surface area contributed by atoms with E-state index in [9.17, 15) is 4.79 Å². The molecule has 1 aromatic heterocycles. The molecule has 0 saturated heterocycles. The van der Waals surface area contributed by atoms with E-state index in [1.807, 2.05) is 37.3 Å². The molecule has 2 rings (SSSR count). The van der Waals surface area contributed by atoms with Gasteiger partial charge in [0.1, 0.15) is 0 Å². The van der Waals surface area contributed by atoms with Gasteiger partial charge >= 0.3 is 0 Å². The van der Waals surface area contributed by atoms with E-state index in [1.54, 1.807) is 12.3 Å². The molecule has 0 bridgehead atoms. The molecule has 0 aliphatic carbocycles. The third kappa shape index (κ3) is 3.81. The zero-order chi connectivity index (χ0) is 13.7. The normalized spacial score (nSPS) is 10.2. The van der Waals surface area contributed by atoms with Crippen LogP contribution in [0.3, 0.4) is 0 Å². The number of rotatable bonds is 4. The number of benzene rings is 1. The van der Waals surface area contributed by atoms with Gasteiger partial charge in [0, 0.05) is 36.1 Å². The van der Waals surface area contributed by atoms with Crippen LogP contribution in [0.1, 0.15) is 21.6 Å². The number of nitrogen functional groups attached to an aromatic ring is 1. The summed E-state index contributed by atoms with van der Waals surface area (Å²) in [7, 11) is 0. The minimum absolute atomic E-state index is 0.105. The van der Waals surface area contributed by atoms with E-state index in [0.29, 0.717) is 24.2 Å². The number of nitrogens with two attached hydrogens (primary N) is 1. The molecule has 0 aliphatic heterocycles. The van der Waals surface area contributed by atoms with E-state index in [1.165, 1.54) is 0 Å². The van der Waals surface area contributed by atoms with Gasteiger partial charge in [-0.05, 0) is 42.8 Å². The molecule has 3 N–H and O–H groups in total. The van der Waals surface area contributed by atoms with Crippen molar-refractivity contribution in [1.29, 1.82) is 0 Å². The van der Waals surface area contributed by atoms with Crippen molar-refractivity contribution in [3.63, 3.8) is 0 Å². The second-order valence-electron chi connectivity index (χ2n) is 4.46. The van der Waals surface area contributed by atoms with Crippen molar-refractivity contribution in [2.45, 2.75) is 13.3 Å². The number of hydrogen-bond acceptors (Lipinski definition) is 3. The van der Waals surface area contributed by atoms with Gasteiger partial charge in [-0.15, -0.1) is 0 Å². The Kier molecular flexibility index (Phi) is 4.13. The summed E-state index contributed by atoms with van der Waals surface area (Å²) >= 11 is 0. The third-order valence-electron chi connectivity index (χ3n) is 2.75. The first-order valence-electron chi connectivity index (χ1n) is 6.20. The number of hydrogen-bond donors (Lipinski definition) is 2. The molecule has 0 atom stereocenters. The van der Waals surface area contributed by atoms with Crippen LogP contribution in [-0.2, 0) is 6.42 Å². The SMILES string of the molecule is Cc1cc(N)cc(C(=O)NCCc2ccccn2)c1. The molecular formula is C15H17N3O. The zero-order valence-corrected chi connectivity index (χ0v) is 10.9. The summed E-state index contributed by atoms with van der Waals surface area (Å²) in [6.07, 6.45) is 2.46. The summed E-state index contributed by atoms with van der Waals surface area (Å²) in [6.45, 7) is 2.48. The zero-order valence-electron chi connectivity index (χ0n) is 10.9. The summed E-state index contributed by atoms with van der Waals surface area (Å²) in [4.78, 5) is 16.2. The van der Waals surface area contributed by atoms with Crippen LogP contribution in [0.15, 0.2) is 42.6 Å². The van der Waals surface area contributed by atoms with Crippen LogP contribution >= 0.6 is 0 Å². The molecule has 0 spiro atoms. The molecule has 98 valence electrons. The smallest absolute Gasteiger partial charge is 0.251 e. The van der Waals surface area contributed by atoms with Gasteiger partial charge in [-0.3, -0.25) is 9.78 Å². The number of aromatic nitrogens is 1. The highest BCUT2D eigenvalue weighted by Gasteiger charge is 2.06. The van der Waals surface area contributed by atoms with Crippen LogP contribution in [0.4, 0.5) is 5.69 Å². The van der Waals surface area contributed by atoms with Crippen molar-refractivity contribution in [2.75, 3.05) is 12.3 Å². The molecule has 1 aromatic carbocycles. The summed E-state index contributed by atoms with van der Waals surface area (Å²) in [5.41, 5.74) is 8.87. The van der Waals surface area contributed by atoms with Gasteiger partial charge in [0.2, 0.25) is 0 Å². The Morgan fingerprint density at radius 2 is 2.16 bits per heavy atom. The molecule has 2 aromatic rings. The summed E-state index contributed by atoms with van der Waals surface area (Å²) in [5.74, 6) is -0.105. The lowest BCUT2D eigenvalue weighted by Crippen LogP contribution is -2.26.